The summed E-state index contributed by atoms with van der Waals surface area (Å²) in [5.41, 5.74) is 13.2. The number of benzene rings is 4. The zero-order chi connectivity index (χ0) is 32.1. The van der Waals surface area contributed by atoms with Gasteiger partial charge in [0.05, 0.1) is 6.54 Å². The Balaban J connectivity index is 0.000000502. The van der Waals surface area contributed by atoms with Gasteiger partial charge in [-0.2, -0.15) is 0 Å². The fourth-order valence-electron chi connectivity index (χ4n) is 4.73. The van der Waals surface area contributed by atoms with E-state index in [9.17, 15) is 0 Å². The molecule has 0 aliphatic carbocycles. The van der Waals surface area contributed by atoms with Gasteiger partial charge in [-0.1, -0.05) is 123 Å². The van der Waals surface area contributed by atoms with Gasteiger partial charge in [0.2, 0.25) is 0 Å². The van der Waals surface area contributed by atoms with Crippen LogP contribution in [0.2, 0.25) is 0 Å². The van der Waals surface area contributed by atoms with Gasteiger partial charge in [0.15, 0.2) is 0 Å². The number of allylic oxidation sites excluding steroid dienone is 2. The Morgan fingerprint density at radius 1 is 0.727 bits per heavy atom. The van der Waals surface area contributed by atoms with E-state index >= 15 is 0 Å². The average Bonchev–Trinajstić information content (AvgIpc) is 3.01. The first-order valence-electron chi connectivity index (χ1n) is 15.3. The molecule has 4 aromatic carbocycles. The molecule has 0 heterocycles. The highest BCUT2D eigenvalue weighted by Gasteiger charge is 2.16. The number of anilines is 2. The molecule has 0 unspecified atom stereocenters. The van der Waals surface area contributed by atoms with E-state index in [4.69, 9.17) is 0 Å². The van der Waals surface area contributed by atoms with Crippen molar-refractivity contribution in [3.63, 3.8) is 0 Å². The first kappa shape index (κ1) is 33.7. The van der Waals surface area contributed by atoms with Gasteiger partial charge in [0.25, 0.3) is 0 Å². The third-order valence-electron chi connectivity index (χ3n) is 7.40. The monoisotopic (exact) mass is 583 g/mol. The molecular formula is C41H49N3. The van der Waals surface area contributed by atoms with Gasteiger partial charge in [-0.3, -0.25) is 0 Å². The summed E-state index contributed by atoms with van der Waals surface area (Å²) >= 11 is 0. The molecule has 0 spiro atoms. The summed E-state index contributed by atoms with van der Waals surface area (Å²) in [5.74, 6) is 0. The first-order chi connectivity index (χ1) is 21.1. The molecule has 44 heavy (non-hydrogen) atoms. The maximum absolute atomic E-state index is 4.30. The quantitative estimate of drug-likeness (QED) is 0.164. The van der Waals surface area contributed by atoms with Gasteiger partial charge >= 0.3 is 0 Å². The van der Waals surface area contributed by atoms with Crippen molar-refractivity contribution in [3.05, 3.63) is 168 Å². The first-order valence-corrected chi connectivity index (χ1v) is 15.3. The molecule has 0 aromatic heterocycles. The Kier molecular flexibility index (Phi) is 12.9. The van der Waals surface area contributed by atoms with Crippen LogP contribution < -0.4 is 15.5 Å². The molecule has 0 saturated heterocycles. The Labute approximate surface area is 266 Å². The molecule has 0 amide bonds. The number of rotatable bonds is 13. The lowest BCUT2D eigenvalue weighted by molar-refractivity contribution is 0.849. The van der Waals surface area contributed by atoms with E-state index in [-0.39, 0.29) is 0 Å². The zero-order valence-corrected chi connectivity index (χ0v) is 27.3. The zero-order valence-electron chi connectivity index (χ0n) is 27.3. The van der Waals surface area contributed by atoms with Crippen LogP contribution in [0.25, 0.3) is 11.3 Å². The normalized spacial score (nSPS) is 10.2. The second-order valence-electron chi connectivity index (χ2n) is 11.4. The van der Waals surface area contributed by atoms with Crippen molar-refractivity contribution in [2.24, 2.45) is 0 Å². The molecule has 0 bridgehead atoms. The standard InChI is InChI=1S/C32H37N3.C9H12/c1-23(2)31-18-15-29(27(7)33-20-19-28-11-9-8-10-12-28)21-32(31)35(24(3)4)22-26(6)34-30-16-13-25(5)14-17-30;1-3-9-6-4-8(2)5-7-9/h8-18,21,33-34H,1,3,6-7,19-20,22H2,2,4-5H3;4-7H,3H2,1-2H3. The summed E-state index contributed by atoms with van der Waals surface area (Å²) < 4.78 is 0. The van der Waals surface area contributed by atoms with Gasteiger partial charge in [-0.25, -0.2) is 0 Å². The lowest BCUT2D eigenvalue weighted by atomic mass is 10.0. The van der Waals surface area contributed by atoms with Gasteiger partial charge in [-0.15, -0.1) is 0 Å². The van der Waals surface area contributed by atoms with Crippen LogP contribution in [0.3, 0.4) is 0 Å². The molecule has 3 nitrogen and oxygen atoms in total. The van der Waals surface area contributed by atoms with Crippen molar-refractivity contribution < 1.29 is 0 Å². The van der Waals surface area contributed by atoms with E-state index in [2.05, 4.69) is 154 Å². The average molecular weight is 584 g/mol. The lowest BCUT2D eigenvalue weighted by Crippen LogP contribution is -2.26. The number of hydrogen-bond acceptors (Lipinski definition) is 3. The molecule has 228 valence electrons. The Hall–Kier alpha value is -4.76. The van der Waals surface area contributed by atoms with Crippen LogP contribution in [0.1, 0.15) is 54.2 Å². The summed E-state index contributed by atoms with van der Waals surface area (Å²) in [6.45, 7) is 28.8. The predicted molar refractivity (Wildman–Crippen MR) is 195 cm³/mol. The number of nitrogens with zero attached hydrogens (tertiary/aromatic N) is 1. The molecule has 4 rings (SSSR count). The smallest absolute Gasteiger partial charge is 0.0622 e. The van der Waals surface area contributed by atoms with Crippen LogP contribution in [-0.4, -0.2) is 13.1 Å². The molecule has 3 heteroatoms. The summed E-state index contributed by atoms with van der Waals surface area (Å²) in [4.78, 5) is 2.17. The molecule has 0 radical (unpaired) electrons. The van der Waals surface area contributed by atoms with Crippen LogP contribution in [0.5, 0.6) is 0 Å². The van der Waals surface area contributed by atoms with Crippen molar-refractivity contribution in [2.45, 2.75) is 47.5 Å². The second kappa shape index (κ2) is 16.8. The molecule has 2 N–H and O–H groups in total. The maximum atomic E-state index is 4.30. The Morgan fingerprint density at radius 3 is 1.91 bits per heavy atom. The highest BCUT2D eigenvalue weighted by molar-refractivity contribution is 5.80. The molecule has 0 aliphatic heterocycles. The van der Waals surface area contributed by atoms with E-state index in [0.717, 1.165) is 64.6 Å². The van der Waals surface area contributed by atoms with Crippen molar-refractivity contribution in [1.82, 2.24) is 5.32 Å². The van der Waals surface area contributed by atoms with Crippen molar-refractivity contribution in [1.29, 1.82) is 0 Å². The van der Waals surface area contributed by atoms with Gasteiger partial charge in [0, 0.05) is 40.6 Å². The summed E-state index contributed by atoms with van der Waals surface area (Å²) in [6, 6.07) is 33.8. The highest BCUT2D eigenvalue weighted by atomic mass is 15.2. The van der Waals surface area contributed by atoms with Crippen LogP contribution in [-0.2, 0) is 12.8 Å². The highest BCUT2D eigenvalue weighted by Crippen LogP contribution is 2.32. The molecule has 0 atom stereocenters. The van der Waals surface area contributed by atoms with E-state index < -0.39 is 0 Å². The SMILES string of the molecule is C=C(CN(C(=C)C)c1cc(C(=C)NCCc2ccccc2)ccc1C(=C)C)Nc1ccc(C)cc1.CCc1ccc(C)cc1. The molecule has 0 saturated carbocycles. The number of aryl methyl sites for hydroxylation is 3. The Morgan fingerprint density at radius 2 is 1.34 bits per heavy atom. The molecule has 0 fully saturated rings. The van der Waals surface area contributed by atoms with E-state index in [1.807, 2.05) is 19.9 Å². The van der Waals surface area contributed by atoms with Crippen LogP contribution in [0.4, 0.5) is 11.4 Å². The maximum Gasteiger partial charge on any atom is 0.0622 e. The van der Waals surface area contributed by atoms with Gasteiger partial charge in [0.1, 0.15) is 0 Å². The topological polar surface area (TPSA) is 27.3 Å². The minimum Gasteiger partial charge on any atom is -0.385 e. The van der Waals surface area contributed by atoms with E-state index in [1.54, 1.807) is 0 Å². The van der Waals surface area contributed by atoms with Crippen LogP contribution in [0.15, 0.2) is 135 Å². The van der Waals surface area contributed by atoms with Gasteiger partial charge in [-0.05, 0) is 81.0 Å². The molecule has 4 aromatic rings. The second-order valence-corrected chi connectivity index (χ2v) is 11.4. The number of nitrogens with one attached hydrogen (secondary N) is 2. The van der Waals surface area contributed by atoms with E-state index in [0.29, 0.717) is 6.54 Å². The molecule has 0 aliphatic rings. The summed E-state index contributed by atoms with van der Waals surface area (Å²) in [7, 11) is 0. The summed E-state index contributed by atoms with van der Waals surface area (Å²) in [6.07, 6.45) is 2.08. The van der Waals surface area contributed by atoms with E-state index in [1.165, 1.54) is 22.3 Å². The third kappa shape index (κ3) is 10.5. The van der Waals surface area contributed by atoms with Crippen molar-refractivity contribution in [2.75, 3.05) is 23.3 Å². The predicted octanol–water partition coefficient (Wildman–Crippen LogP) is 10.4. The lowest BCUT2D eigenvalue weighted by Gasteiger charge is -2.29. The van der Waals surface area contributed by atoms with Gasteiger partial charge < -0.3 is 15.5 Å². The minimum absolute atomic E-state index is 0.584. The minimum atomic E-state index is 0.584. The third-order valence-corrected chi connectivity index (χ3v) is 7.40. The number of hydrogen-bond donors (Lipinski definition) is 2. The van der Waals surface area contributed by atoms with Crippen molar-refractivity contribution in [3.8, 4) is 0 Å². The van der Waals surface area contributed by atoms with Crippen LogP contribution in [0, 0.1) is 13.8 Å². The Bertz CT molecular complexity index is 1540. The van der Waals surface area contributed by atoms with Crippen molar-refractivity contribution >= 4 is 22.6 Å². The largest absolute Gasteiger partial charge is 0.385 e. The fraction of sp³-hybridized carbons (Fsp3) is 0.220. The summed E-state index contributed by atoms with van der Waals surface area (Å²) in [5, 5.41) is 6.91. The fourth-order valence-corrected chi connectivity index (χ4v) is 4.73. The van der Waals surface area contributed by atoms with Crippen LogP contribution >= 0.6 is 0 Å². The molecular weight excluding hydrogens is 534 g/mol.